The Bertz CT molecular complexity index is 1760. The Labute approximate surface area is 245 Å². The zero-order chi connectivity index (χ0) is 29.3. The van der Waals surface area contributed by atoms with Gasteiger partial charge in [-0.1, -0.05) is 12.1 Å². The van der Waals surface area contributed by atoms with E-state index in [9.17, 15) is 9.59 Å². The lowest BCUT2D eigenvalue weighted by Gasteiger charge is -2.10. The summed E-state index contributed by atoms with van der Waals surface area (Å²) in [7, 11) is 3.24. The number of nitrogens with zero attached hydrogens (tertiary/aromatic N) is 1. The van der Waals surface area contributed by atoms with Crippen LogP contribution in [0.4, 0.5) is 10.7 Å². The largest absolute Gasteiger partial charge is 0.497 e. The summed E-state index contributed by atoms with van der Waals surface area (Å²) in [6.07, 6.45) is 0. The van der Waals surface area contributed by atoms with Crippen LogP contribution in [0.3, 0.4) is 0 Å². The predicted octanol–water partition coefficient (Wildman–Crippen LogP) is 7.34. The molecule has 0 fully saturated rings. The van der Waals surface area contributed by atoms with Crippen molar-refractivity contribution in [3.05, 3.63) is 75.5 Å². The summed E-state index contributed by atoms with van der Waals surface area (Å²) >= 11 is 2.54. The first-order chi connectivity index (χ1) is 19.7. The molecule has 0 atom stereocenters. The van der Waals surface area contributed by atoms with Crippen LogP contribution >= 0.6 is 22.7 Å². The van der Waals surface area contributed by atoms with E-state index < -0.39 is 11.9 Å². The molecule has 0 unspecified atom stereocenters. The zero-order valence-electron chi connectivity index (χ0n) is 23.3. The van der Waals surface area contributed by atoms with Crippen LogP contribution < -0.4 is 20.5 Å². The SMILES string of the molecule is CCOC(=O)c1c(NC(=O)c2sc3nc(-c4ccc(OC)cc4)cc(-c4ccc(OC)cc4)c3c2N)sc(C)c1C. The molecule has 0 aliphatic carbocycles. The van der Waals surface area contributed by atoms with Crippen molar-refractivity contribution < 1.29 is 23.8 Å². The lowest BCUT2D eigenvalue weighted by atomic mass is 9.99. The van der Waals surface area contributed by atoms with Crippen molar-refractivity contribution in [1.29, 1.82) is 0 Å². The third kappa shape index (κ3) is 5.36. The smallest absolute Gasteiger partial charge is 0.341 e. The number of anilines is 2. The number of carbonyl (C=O) groups excluding carboxylic acids is 2. The molecule has 0 aliphatic heterocycles. The number of thiophene rings is 2. The molecule has 5 rings (SSSR count). The molecule has 0 saturated heterocycles. The van der Waals surface area contributed by atoms with Crippen LogP contribution in [-0.2, 0) is 4.74 Å². The maximum Gasteiger partial charge on any atom is 0.341 e. The number of pyridine rings is 1. The van der Waals surface area contributed by atoms with E-state index in [1.54, 1.807) is 21.1 Å². The maximum atomic E-state index is 13.6. The molecule has 41 heavy (non-hydrogen) atoms. The molecule has 5 aromatic rings. The van der Waals surface area contributed by atoms with E-state index in [1.165, 1.54) is 22.7 Å². The number of nitrogens with one attached hydrogen (secondary N) is 1. The number of hydrogen-bond donors (Lipinski definition) is 2. The lowest BCUT2D eigenvalue weighted by Crippen LogP contribution is -2.15. The number of ether oxygens (including phenoxy) is 3. The fourth-order valence-corrected chi connectivity index (χ4v) is 6.58. The first kappa shape index (κ1) is 28.1. The number of benzene rings is 2. The maximum absolute atomic E-state index is 13.6. The van der Waals surface area contributed by atoms with E-state index in [0.29, 0.717) is 31.3 Å². The van der Waals surface area contributed by atoms with Gasteiger partial charge in [-0.2, -0.15) is 0 Å². The molecule has 210 valence electrons. The minimum absolute atomic E-state index is 0.236. The number of esters is 1. The fourth-order valence-electron chi connectivity index (χ4n) is 4.52. The van der Waals surface area contributed by atoms with E-state index in [1.807, 2.05) is 68.4 Å². The third-order valence-corrected chi connectivity index (χ3v) is 9.00. The van der Waals surface area contributed by atoms with Crippen LogP contribution in [0, 0.1) is 13.8 Å². The van der Waals surface area contributed by atoms with Gasteiger partial charge in [0, 0.05) is 15.8 Å². The van der Waals surface area contributed by atoms with Crippen molar-refractivity contribution in [2.24, 2.45) is 0 Å². The highest BCUT2D eigenvalue weighted by Crippen LogP contribution is 2.42. The molecule has 3 heterocycles. The van der Waals surface area contributed by atoms with Crippen LogP contribution in [0.1, 0.15) is 37.4 Å². The molecule has 0 spiro atoms. The highest BCUT2D eigenvalue weighted by Gasteiger charge is 2.26. The second-order valence-corrected chi connectivity index (χ2v) is 11.4. The van der Waals surface area contributed by atoms with Crippen molar-refractivity contribution in [2.75, 3.05) is 31.9 Å². The molecule has 0 bridgehead atoms. The standard InChI is InChI=1S/C31H29N3O5S2/c1-6-39-31(36)24-16(2)17(3)40-29(24)34-28(35)27-26(32)25-22(18-7-11-20(37-4)12-8-18)15-23(33-30(25)41-27)19-9-13-21(38-5)14-10-19/h7-15H,6,32H2,1-5H3,(H,34,35). The minimum Gasteiger partial charge on any atom is -0.497 e. The van der Waals surface area contributed by atoms with Gasteiger partial charge in [0.15, 0.2) is 0 Å². The molecular formula is C31H29N3O5S2. The van der Waals surface area contributed by atoms with Gasteiger partial charge in [-0.05, 0) is 79.9 Å². The van der Waals surface area contributed by atoms with Gasteiger partial charge in [-0.15, -0.1) is 22.7 Å². The molecule has 0 radical (unpaired) electrons. The van der Waals surface area contributed by atoms with Crippen LogP contribution in [0.25, 0.3) is 32.6 Å². The summed E-state index contributed by atoms with van der Waals surface area (Å²) in [5, 5.41) is 4.03. The Morgan fingerprint density at radius 3 is 2.12 bits per heavy atom. The van der Waals surface area contributed by atoms with Crippen molar-refractivity contribution in [3.8, 4) is 33.9 Å². The first-order valence-corrected chi connectivity index (χ1v) is 14.5. The molecule has 0 saturated carbocycles. The quantitative estimate of drug-likeness (QED) is 0.183. The van der Waals surface area contributed by atoms with Crippen LogP contribution in [0.5, 0.6) is 11.5 Å². The number of hydrogen-bond acceptors (Lipinski definition) is 9. The third-order valence-electron chi connectivity index (χ3n) is 6.78. The Kier molecular flexibility index (Phi) is 7.96. The highest BCUT2D eigenvalue weighted by atomic mass is 32.1. The first-order valence-electron chi connectivity index (χ1n) is 12.9. The van der Waals surface area contributed by atoms with Gasteiger partial charge in [-0.25, -0.2) is 9.78 Å². The number of rotatable bonds is 8. The van der Waals surface area contributed by atoms with Crippen molar-refractivity contribution in [1.82, 2.24) is 4.98 Å². The van der Waals surface area contributed by atoms with E-state index in [2.05, 4.69) is 5.32 Å². The van der Waals surface area contributed by atoms with Gasteiger partial charge in [0.05, 0.1) is 37.8 Å². The van der Waals surface area contributed by atoms with Crippen LogP contribution in [0.2, 0.25) is 0 Å². The number of methoxy groups -OCH3 is 2. The second kappa shape index (κ2) is 11.6. The molecule has 2 aromatic carbocycles. The summed E-state index contributed by atoms with van der Waals surface area (Å²) in [5.41, 5.74) is 11.5. The predicted molar refractivity (Wildman–Crippen MR) is 166 cm³/mol. The number of amides is 1. The number of fused-ring (bicyclic) bond motifs is 1. The number of aryl methyl sites for hydroxylation is 1. The Morgan fingerprint density at radius 1 is 0.927 bits per heavy atom. The summed E-state index contributed by atoms with van der Waals surface area (Å²) in [5.74, 6) is 0.586. The summed E-state index contributed by atoms with van der Waals surface area (Å²) in [4.78, 5) is 33.1. The number of carbonyl (C=O) groups is 2. The van der Waals surface area contributed by atoms with Gasteiger partial charge >= 0.3 is 5.97 Å². The highest BCUT2D eigenvalue weighted by molar-refractivity contribution is 7.21. The molecule has 3 aromatic heterocycles. The summed E-state index contributed by atoms with van der Waals surface area (Å²) in [6, 6.07) is 17.3. The Hall–Kier alpha value is -4.41. The van der Waals surface area contributed by atoms with Gasteiger partial charge in [-0.3, -0.25) is 4.79 Å². The van der Waals surface area contributed by atoms with Gasteiger partial charge in [0.25, 0.3) is 5.91 Å². The lowest BCUT2D eigenvalue weighted by molar-refractivity contribution is 0.0527. The number of nitrogens with two attached hydrogens (primary N) is 1. The topological polar surface area (TPSA) is 113 Å². The van der Waals surface area contributed by atoms with E-state index >= 15 is 0 Å². The van der Waals surface area contributed by atoms with E-state index in [4.69, 9.17) is 24.9 Å². The van der Waals surface area contributed by atoms with Crippen molar-refractivity contribution in [3.63, 3.8) is 0 Å². The number of nitrogen functional groups attached to an aromatic ring is 1. The van der Waals surface area contributed by atoms with Crippen LogP contribution in [0.15, 0.2) is 54.6 Å². The zero-order valence-corrected chi connectivity index (χ0v) is 24.9. The van der Waals surface area contributed by atoms with Gasteiger partial charge in [0.2, 0.25) is 0 Å². The second-order valence-electron chi connectivity index (χ2n) is 9.20. The Morgan fingerprint density at radius 2 is 1.54 bits per heavy atom. The van der Waals surface area contributed by atoms with Gasteiger partial charge < -0.3 is 25.3 Å². The van der Waals surface area contributed by atoms with E-state index in [0.717, 1.165) is 44.3 Å². The number of aromatic nitrogens is 1. The average molecular weight is 588 g/mol. The molecule has 8 nitrogen and oxygen atoms in total. The molecule has 3 N–H and O–H groups in total. The normalized spacial score (nSPS) is 11.0. The monoisotopic (exact) mass is 587 g/mol. The van der Waals surface area contributed by atoms with E-state index in [-0.39, 0.29) is 6.61 Å². The van der Waals surface area contributed by atoms with Crippen molar-refractivity contribution in [2.45, 2.75) is 20.8 Å². The molecule has 10 heteroatoms. The molecule has 1 amide bonds. The average Bonchev–Trinajstić information content (AvgIpc) is 3.47. The van der Waals surface area contributed by atoms with Crippen molar-refractivity contribution >= 4 is 55.5 Å². The fraction of sp³-hybridized carbons (Fsp3) is 0.194. The summed E-state index contributed by atoms with van der Waals surface area (Å²) in [6.45, 7) is 5.72. The van der Waals surface area contributed by atoms with Gasteiger partial charge in [0.1, 0.15) is 26.2 Å². The minimum atomic E-state index is -0.471. The molecule has 0 aliphatic rings. The molecular weight excluding hydrogens is 558 g/mol. The van der Waals surface area contributed by atoms with Crippen LogP contribution in [-0.4, -0.2) is 37.7 Å². The summed E-state index contributed by atoms with van der Waals surface area (Å²) < 4.78 is 15.9. The Balaban J connectivity index is 1.63.